The van der Waals surface area contributed by atoms with Crippen LogP contribution in [0.2, 0.25) is 0 Å². The quantitative estimate of drug-likeness (QED) is 0.589. The SMILES string of the molecule is N#Cc1ccc(C(O)C(O)CN)nc1. The van der Waals surface area contributed by atoms with Crippen molar-refractivity contribution >= 4 is 0 Å². The molecule has 0 aliphatic rings. The number of aliphatic hydroxyl groups excluding tert-OH is 2. The predicted molar refractivity (Wildman–Crippen MR) is 49.0 cm³/mol. The Morgan fingerprint density at radius 3 is 2.64 bits per heavy atom. The Bertz CT molecular complexity index is 331. The lowest BCUT2D eigenvalue weighted by Gasteiger charge is -2.14. The first-order valence-electron chi connectivity index (χ1n) is 4.11. The normalized spacial score (nSPS) is 14.4. The van der Waals surface area contributed by atoms with E-state index in [0.29, 0.717) is 11.3 Å². The van der Waals surface area contributed by atoms with Gasteiger partial charge in [0.25, 0.3) is 0 Å². The summed E-state index contributed by atoms with van der Waals surface area (Å²) in [4.78, 5) is 3.83. The minimum atomic E-state index is -1.10. The summed E-state index contributed by atoms with van der Waals surface area (Å²) in [6, 6.07) is 4.92. The van der Waals surface area contributed by atoms with Gasteiger partial charge in [-0.15, -0.1) is 0 Å². The van der Waals surface area contributed by atoms with Crippen LogP contribution in [-0.2, 0) is 0 Å². The number of nitrogens with two attached hydrogens (primary N) is 1. The molecule has 0 aromatic carbocycles. The summed E-state index contributed by atoms with van der Waals surface area (Å²) < 4.78 is 0. The van der Waals surface area contributed by atoms with Crippen LogP contribution >= 0.6 is 0 Å². The minimum absolute atomic E-state index is 0.0388. The molecule has 0 aliphatic carbocycles. The molecule has 2 atom stereocenters. The highest BCUT2D eigenvalue weighted by Crippen LogP contribution is 2.13. The fourth-order valence-electron chi connectivity index (χ4n) is 0.972. The van der Waals surface area contributed by atoms with E-state index in [1.165, 1.54) is 18.3 Å². The second-order valence-electron chi connectivity index (χ2n) is 2.83. The first kappa shape index (κ1) is 10.6. The molecule has 0 radical (unpaired) electrons. The van der Waals surface area contributed by atoms with Crippen molar-refractivity contribution in [2.45, 2.75) is 12.2 Å². The molecule has 1 aromatic heterocycles. The Labute approximate surface area is 81.4 Å². The molecule has 4 N–H and O–H groups in total. The zero-order valence-electron chi connectivity index (χ0n) is 7.46. The summed E-state index contributed by atoms with van der Waals surface area (Å²) >= 11 is 0. The van der Waals surface area contributed by atoms with Gasteiger partial charge in [0.05, 0.1) is 17.4 Å². The van der Waals surface area contributed by atoms with Gasteiger partial charge in [-0.25, -0.2) is 0 Å². The van der Waals surface area contributed by atoms with Gasteiger partial charge in [-0.2, -0.15) is 5.26 Å². The van der Waals surface area contributed by atoms with E-state index in [0.717, 1.165) is 0 Å². The maximum atomic E-state index is 9.48. The van der Waals surface area contributed by atoms with Crippen molar-refractivity contribution in [3.63, 3.8) is 0 Å². The van der Waals surface area contributed by atoms with Crippen LogP contribution in [0.25, 0.3) is 0 Å². The second kappa shape index (κ2) is 4.67. The van der Waals surface area contributed by atoms with Gasteiger partial charge < -0.3 is 15.9 Å². The lowest BCUT2D eigenvalue weighted by atomic mass is 10.1. The molecular weight excluding hydrogens is 182 g/mol. The van der Waals surface area contributed by atoms with E-state index in [9.17, 15) is 10.2 Å². The van der Waals surface area contributed by atoms with Crippen LogP contribution in [0.1, 0.15) is 17.4 Å². The van der Waals surface area contributed by atoms with E-state index in [-0.39, 0.29) is 6.54 Å². The largest absolute Gasteiger partial charge is 0.389 e. The number of aliphatic hydroxyl groups is 2. The maximum absolute atomic E-state index is 9.48. The highest BCUT2D eigenvalue weighted by Gasteiger charge is 2.17. The third kappa shape index (κ3) is 2.26. The molecule has 0 spiro atoms. The molecule has 14 heavy (non-hydrogen) atoms. The van der Waals surface area contributed by atoms with Crippen LogP contribution in [0.5, 0.6) is 0 Å². The Balaban J connectivity index is 2.82. The zero-order chi connectivity index (χ0) is 10.6. The maximum Gasteiger partial charge on any atom is 0.123 e. The Morgan fingerprint density at radius 2 is 2.21 bits per heavy atom. The van der Waals surface area contributed by atoms with Crippen LogP contribution < -0.4 is 5.73 Å². The van der Waals surface area contributed by atoms with Crippen molar-refractivity contribution in [3.8, 4) is 6.07 Å². The molecule has 1 aromatic rings. The van der Waals surface area contributed by atoms with Crippen molar-refractivity contribution in [3.05, 3.63) is 29.6 Å². The first-order valence-corrected chi connectivity index (χ1v) is 4.11. The third-order valence-electron chi connectivity index (χ3n) is 1.82. The van der Waals surface area contributed by atoms with Gasteiger partial charge in [0.1, 0.15) is 12.2 Å². The molecule has 0 aliphatic heterocycles. The monoisotopic (exact) mass is 193 g/mol. The zero-order valence-corrected chi connectivity index (χ0v) is 7.46. The summed E-state index contributed by atoms with van der Waals surface area (Å²) in [5.74, 6) is 0. The number of hydrogen-bond donors (Lipinski definition) is 3. The number of rotatable bonds is 3. The number of aromatic nitrogens is 1. The van der Waals surface area contributed by atoms with E-state index in [2.05, 4.69) is 4.98 Å². The third-order valence-corrected chi connectivity index (χ3v) is 1.82. The number of pyridine rings is 1. The van der Waals surface area contributed by atoms with Gasteiger partial charge in [-0.3, -0.25) is 4.98 Å². The van der Waals surface area contributed by atoms with Crippen LogP contribution in [0.3, 0.4) is 0 Å². The molecule has 0 bridgehead atoms. The Morgan fingerprint density at radius 1 is 1.50 bits per heavy atom. The van der Waals surface area contributed by atoms with Gasteiger partial charge in [0.2, 0.25) is 0 Å². The molecule has 5 heteroatoms. The molecule has 0 saturated carbocycles. The van der Waals surface area contributed by atoms with Crippen molar-refractivity contribution in [1.82, 2.24) is 4.98 Å². The molecule has 74 valence electrons. The molecular formula is C9H11N3O2. The van der Waals surface area contributed by atoms with Crippen LogP contribution in [0, 0.1) is 11.3 Å². The predicted octanol–water partition coefficient (Wildman–Crippen LogP) is -0.694. The molecule has 1 rings (SSSR count). The molecule has 0 fully saturated rings. The highest BCUT2D eigenvalue weighted by molar-refractivity contribution is 5.27. The molecule has 5 nitrogen and oxygen atoms in total. The molecule has 0 amide bonds. The number of nitrogens with zero attached hydrogens (tertiary/aromatic N) is 2. The second-order valence-corrected chi connectivity index (χ2v) is 2.83. The first-order chi connectivity index (χ1) is 6.69. The van der Waals surface area contributed by atoms with Crippen LogP contribution in [0.4, 0.5) is 0 Å². The smallest absolute Gasteiger partial charge is 0.123 e. The summed E-state index contributed by atoms with van der Waals surface area (Å²) in [6.07, 6.45) is -0.801. The minimum Gasteiger partial charge on any atom is -0.389 e. The van der Waals surface area contributed by atoms with Gasteiger partial charge in [-0.1, -0.05) is 0 Å². The van der Waals surface area contributed by atoms with E-state index in [1.54, 1.807) is 0 Å². The molecule has 2 unspecified atom stereocenters. The van der Waals surface area contributed by atoms with Gasteiger partial charge in [0.15, 0.2) is 0 Å². The number of nitriles is 1. The highest BCUT2D eigenvalue weighted by atomic mass is 16.3. The van der Waals surface area contributed by atoms with E-state index < -0.39 is 12.2 Å². The standard InChI is InChI=1S/C9H11N3O2/c10-3-6-1-2-7(12-5-6)9(14)8(13)4-11/h1-2,5,8-9,13-14H,4,11H2. The Hall–Kier alpha value is -1.48. The van der Waals surface area contributed by atoms with Gasteiger partial charge in [-0.05, 0) is 12.1 Å². The van der Waals surface area contributed by atoms with E-state index in [1.807, 2.05) is 6.07 Å². The molecule has 1 heterocycles. The fourth-order valence-corrected chi connectivity index (χ4v) is 0.972. The summed E-state index contributed by atoms with van der Waals surface area (Å²) in [5.41, 5.74) is 5.89. The Kier molecular flexibility index (Phi) is 3.54. The van der Waals surface area contributed by atoms with Crippen molar-refractivity contribution in [2.24, 2.45) is 5.73 Å². The topological polar surface area (TPSA) is 103 Å². The lowest BCUT2D eigenvalue weighted by molar-refractivity contribution is 0.0217. The summed E-state index contributed by atoms with van der Waals surface area (Å²) in [6.45, 7) is -0.0388. The van der Waals surface area contributed by atoms with Gasteiger partial charge in [0, 0.05) is 12.7 Å². The van der Waals surface area contributed by atoms with Crippen molar-refractivity contribution in [2.75, 3.05) is 6.54 Å². The van der Waals surface area contributed by atoms with Crippen LogP contribution in [0.15, 0.2) is 18.3 Å². The van der Waals surface area contributed by atoms with E-state index >= 15 is 0 Å². The summed E-state index contributed by atoms with van der Waals surface area (Å²) in [7, 11) is 0. The molecule has 0 saturated heterocycles. The average Bonchev–Trinajstić information content (AvgIpc) is 2.27. The number of hydrogen-bond acceptors (Lipinski definition) is 5. The average molecular weight is 193 g/mol. The van der Waals surface area contributed by atoms with E-state index in [4.69, 9.17) is 11.0 Å². The fraction of sp³-hybridized carbons (Fsp3) is 0.333. The van der Waals surface area contributed by atoms with Crippen LogP contribution in [-0.4, -0.2) is 27.8 Å². The van der Waals surface area contributed by atoms with Crippen molar-refractivity contribution < 1.29 is 10.2 Å². The lowest BCUT2D eigenvalue weighted by Crippen LogP contribution is -2.27. The summed E-state index contributed by atoms with van der Waals surface area (Å²) in [5, 5.41) is 27.2. The van der Waals surface area contributed by atoms with Gasteiger partial charge >= 0.3 is 0 Å². The van der Waals surface area contributed by atoms with Crippen molar-refractivity contribution in [1.29, 1.82) is 5.26 Å².